The lowest BCUT2D eigenvalue weighted by molar-refractivity contribution is -0.119. The van der Waals surface area contributed by atoms with Gasteiger partial charge in [0.05, 0.1) is 6.54 Å². The molecule has 2 aromatic carbocycles. The summed E-state index contributed by atoms with van der Waals surface area (Å²) in [6, 6.07) is 15.1. The van der Waals surface area contributed by atoms with Crippen molar-refractivity contribution in [3.63, 3.8) is 0 Å². The Balaban J connectivity index is 1.77. The molecular weight excluding hydrogens is 312 g/mol. The van der Waals surface area contributed by atoms with Crippen molar-refractivity contribution in [1.82, 2.24) is 5.32 Å². The molecule has 0 fully saturated rings. The fraction of sp³-hybridized carbons (Fsp3) is 0.278. The monoisotopic (exact) mass is 332 g/mol. The topological polar surface area (TPSA) is 50.4 Å². The quantitative estimate of drug-likeness (QED) is 0.771. The van der Waals surface area contributed by atoms with Crippen LogP contribution in [0, 0.1) is 0 Å². The van der Waals surface area contributed by atoms with Crippen molar-refractivity contribution >= 4 is 23.2 Å². The molecule has 2 rings (SSSR count). The first kappa shape index (κ1) is 17.2. The van der Waals surface area contributed by atoms with Crippen molar-refractivity contribution in [2.75, 3.05) is 18.4 Å². The smallest absolute Gasteiger partial charge is 0.239 e. The second-order valence-electron chi connectivity index (χ2n) is 5.14. The molecule has 0 aliphatic heterocycles. The highest BCUT2D eigenvalue weighted by molar-refractivity contribution is 6.30. The first-order valence-corrected chi connectivity index (χ1v) is 8.03. The van der Waals surface area contributed by atoms with Gasteiger partial charge in [0.25, 0.3) is 0 Å². The van der Waals surface area contributed by atoms with Gasteiger partial charge < -0.3 is 15.4 Å². The molecule has 0 saturated carbocycles. The van der Waals surface area contributed by atoms with E-state index in [4.69, 9.17) is 16.3 Å². The Morgan fingerprint density at radius 2 is 1.78 bits per heavy atom. The summed E-state index contributed by atoms with van der Waals surface area (Å²) in [4.78, 5) is 11.5. The zero-order valence-electron chi connectivity index (χ0n) is 13.1. The molecule has 23 heavy (non-hydrogen) atoms. The second-order valence-corrected chi connectivity index (χ2v) is 5.58. The Kier molecular flexibility index (Phi) is 6.76. The molecule has 0 bridgehead atoms. The fourth-order valence-corrected chi connectivity index (χ4v) is 2.05. The number of ether oxygens (including phenoxy) is 1. The van der Waals surface area contributed by atoms with Crippen LogP contribution in [0.2, 0.25) is 5.02 Å². The third-order valence-electron chi connectivity index (χ3n) is 3.20. The Morgan fingerprint density at radius 3 is 2.43 bits per heavy atom. The number of anilines is 1. The lowest BCUT2D eigenvalue weighted by Crippen LogP contribution is -2.30. The van der Waals surface area contributed by atoms with Crippen molar-refractivity contribution in [2.45, 2.75) is 20.0 Å². The summed E-state index contributed by atoms with van der Waals surface area (Å²) < 4.78 is 5.72. The standard InChI is InChI=1S/C18H21ClN2O2/c1-2-11-20-18(22)12-21-16-7-9-17(10-8-16)23-13-14-3-5-15(19)6-4-14/h3-10,21H,2,11-13H2,1H3,(H,20,22). The minimum Gasteiger partial charge on any atom is -0.489 e. The molecule has 5 heteroatoms. The number of amides is 1. The highest BCUT2D eigenvalue weighted by Gasteiger charge is 2.01. The minimum atomic E-state index is -0.00471. The molecule has 0 aliphatic carbocycles. The highest BCUT2D eigenvalue weighted by Crippen LogP contribution is 2.17. The Hall–Kier alpha value is -2.20. The van der Waals surface area contributed by atoms with Gasteiger partial charge in [0.15, 0.2) is 0 Å². The van der Waals surface area contributed by atoms with E-state index in [0.717, 1.165) is 23.4 Å². The van der Waals surface area contributed by atoms with Gasteiger partial charge in [-0.2, -0.15) is 0 Å². The molecule has 2 aromatic rings. The summed E-state index contributed by atoms with van der Waals surface area (Å²) >= 11 is 5.85. The van der Waals surface area contributed by atoms with Gasteiger partial charge >= 0.3 is 0 Å². The summed E-state index contributed by atoms with van der Waals surface area (Å²) in [6.45, 7) is 3.49. The van der Waals surface area contributed by atoms with E-state index in [2.05, 4.69) is 10.6 Å². The predicted octanol–water partition coefficient (Wildman–Crippen LogP) is 3.86. The van der Waals surface area contributed by atoms with Crippen LogP contribution < -0.4 is 15.4 Å². The van der Waals surface area contributed by atoms with E-state index in [9.17, 15) is 4.79 Å². The zero-order valence-corrected chi connectivity index (χ0v) is 13.9. The number of hydrogen-bond donors (Lipinski definition) is 2. The molecule has 0 spiro atoms. The maximum atomic E-state index is 11.5. The first-order valence-electron chi connectivity index (χ1n) is 7.65. The van der Waals surface area contributed by atoms with E-state index < -0.39 is 0 Å². The van der Waals surface area contributed by atoms with Gasteiger partial charge in [-0.15, -0.1) is 0 Å². The van der Waals surface area contributed by atoms with E-state index in [1.54, 1.807) is 0 Å². The third-order valence-corrected chi connectivity index (χ3v) is 3.45. The van der Waals surface area contributed by atoms with Crippen LogP contribution in [0.1, 0.15) is 18.9 Å². The summed E-state index contributed by atoms with van der Waals surface area (Å²) in [5.74, 6) is 0.774. The van der Waals surface area contributed by atoms with E-state index >= 15 is 0 Å². The maximum Gasteiger partial charge on any atom is 0.239 e. The second kappa shape index (κ2) is 9.06. The summed E-state index contributed by atoms with van der Waals surface area (Å²) in [6.07, 6.45) is 0.936. The number of carbonyl (C=O) groups is 1. The average molecular weight is 333 g/mol. The molecule has 4 nitrogen and oxygen atoms in total. The largest absolute Gasteiger partial charge is 0.489 e. The lowest BCUT2D eigenvalue weighted by atomic mass is 10.2. The zero-order chi connectivity index (χ0) is 16.5. The summed E-state index contributed by atoms with van der Waals surface area (Å²) in [7, 11) is 0. The van der Waals surface area contributed by atoms with Crippen LogP contribution in [0.4, 0.5) is 5.69 Å². The van der Waals surface area contributed by atoms with Crippen LogP contribution in [0.5, 0.6) is 5.75 Å². The Labute approximate surface area is 141 Å². The molecule has 0 aromatic heterocycles. The normalized spacial score (nSPS) is 10.2. The minimum absolute atomic E-state index is 0.00471. The number of rotatable bonds is 8. The van der Waals surface area contributed by atoms with Crippen LogP contribution in [-0.4, -0.2) is 19.0 Å². The van der Waals surface area contributed by atoms with Crippen molar-refractivity contribution < 1.29 is 9.53 Å². The molecular formula is C18H21ClN2O2. The maximum absolute atomic E-state index is 11.5. The summed E-state index contributed by atoms with van der Waals surface area (Å²) in [5.41, 5.74) is 1.94. The molecule has 0 atom stereocenters. The van der Waals surface area contributed by atoms with Gasteiger partial charge in [0.1, 0.15) is 12.4 Å². The molecule has 2 N–H and O–H groups in total. The summed E-state index contributed by atoms with van der Waals surface area (Å²) in [5, 5.41) is 6.61. The number of hydrogen-bond acceptors (Lipinski definition) is 3. The Bertz CT molecular complexity index is 612. The number of benzene rings is 2. The molecule has 0 saturated heterocycles. The van der Waals surface area contributed by atoms with Gasteiger partial charge in [-0.3, -0.25) is 4.79 Å². The van der Waals surface area contributed by atoms with Crippen LogP contribution in [0.15, 0.2) is 48.5 Å². The van der Waals surface area contributed by atoms with Gasteiger partial charge in [-0.05, 0) is 48.4 Å². The number of halogens is 1. The Morgan fingerprint density at radius 1 is 1.09 bits per heavy atom. The predicted molar refractivity (Wildman–Crippen MR) is 94.0 cm³/mol. The fourth-order valence-electron chi connectivity index (χ4n) is 1.93. The molecule has 1 amide bonds. The van der Waals surface area contributed by atoms with Crippen molar-refractivity contribution in [1.29, 1.82) is 0 Å². The van der Waals surface area contributed by atoms with Crippen LogP contribution >= 0.6 is 11.6 Å². The van der Waals surface area contributed by atoms with E-state index in [-0.39, 0.29) is 12.5 Å². The van der Waals surface area contributed by atoms with Crippen molar-refractivity contribution in [3.8, 4) is 5.75 Å². The molecule has 0 unspecified atom stereocenters. The SMILES string of the molecule is CCCNC(=O)CNc1ccc(OCc2ccc(Cl)cc2)cc1. The van der Waals surface area contributed by atoms with Crippen molar-refractivity contribution in [3.05, 3.63) is 59.1 Å². The van der Waals surface area contributed by atoms with E-state index in [1.165, 1.54) is 0 Å². The van der Waals surface area contributed by atoms with Gasteiger partial charge in [-0.1, -0.05) is 30.7 Å². The molecule has 0 radical (unpaired) electrons. The van der Waals surface area contributed by atoms with E-state index in [1.807, 2.05) is 55.5 Å². The average Bonchev–Trinajstić information content (AvgIpc) is 2.58. The first-order chi connectivity index (χ1) is 11.2. The third kappa shape index (κ3) is 6.20. The van der Waals surface area contributed by atoms with Gasteiger partial charge in [0.2, 0.25) is 5.91 Å². The molecule has 122 valence electrons. The molecule has 0 aliphatic rings. The van der Waals surface area contributed by atoms with Gasteiger partial charge in [0, 0.05) is 17.3 Å². The highest BCUT2D eigenvalue weighted by atomic mass is 35.5. The lowest BCUT2D eigenvalue weighted by Gasteiger charge is -2.09. The van der Waals surface area contributed by atoms with Crippen LogP contribution in [-0.2, 0) is 11.4 Å². The number of carbonyl (C=O) groups excluding carboxylic acids is 1. The van der Waals surface area contributed by atoms with Crippen molar-refractivity contribution in [2.24, 2.45) is 0 Å². The van der Waals surface area contributed by atoms with Gasteiger partial charge in [-0.25, -0.2) is 0 Å². The number of nitrogens with one attached hydrogen (secondary N) is 2. The molecule has 0 heterocycles. The van der Waals surface area contributed by atoms with Crippen LogP contribution in [0.3, 0.4) is 0 Å². The van der Waals surface area contributed by atoms with Crippen LogP contribution in [0.25, 0.3) is 0 Å². The van der Waals surface area contributed by atoms with E-state index in [0.29, 0.717) is 18.2 Å².